The van der Waals surface area contributed by atoms with Gasteiger partial charge in [-0.05, 0) is 70.8 Å². The maximum atomic E-state index is 6.88. The monoisotopic (exact) mass is 778 g/mol. The zero-order valence-corrected chi connectivity index (χ0v) is 32.8. The Labute approximate surface area is 350 Å². The van der Waals surface area contributed by atoms with Gasteiger partial charge in [-0.3, -0.25) is 4.57 Å². The normalized spacial score (nSPS) is 11.9. The molecule has 0 spiro atoms. The highest BCUT2D eigenvalue weighted by Gasteiger charge is 2.25. The number of fused-ring (bicyclic) bond motifs is 11. The molecule has 0 amide bonds. The molecule has 0 unspecified atom stereocenters. The van der Waals surface area contributed by atoms with Crippen LogP contribution in [0.1, 0.15) is 0 Å². The molecule has 0 N–H and O–H groups in total. The molecule has 9 aromatic carbocycles. The van der Waals surface area contributed by atoms with Crippen LogP contribution in [0.3, 0.4) is 0 Å². The van der Waals surface area contributed by atoms with Crippen molar-refractivity contribution in [3.05, 3.63) is 206 Å². The van der Waals surface area contributed by atoms with Gasteiger partial charge in [0.1, 0.15) is 11.1 Å². The van der Waals surface area contributed by atoms with Gasteiger partial charge in [0.2, 0.25) is 5.95 Å². The van der Waals surface area contributed by atoms with E-state index in [0.29, 0.717) is 5.95 Å². The summed E-state index contributed by atoms with van der Waals surface area (Å²) in [6.07, 6.45) is 0. The predicted octanol–water partition coefficient (Wildman–Crippen LogP) is 14.7. The summed E-state index contributed by atoms with van der Waals surface area (Å²) in [6.45, 7) is 0. The van der Waals surface area contributed by atoms with Crippen LogP contribution in [0.5, 0.6) is 0 Å². The number of furan rings is 1. The van der Waals surface area contributed by atoms with E-state index in [1.165, 1.54) is 27.4 Å². The Morgan fingerprint density at radius 1 is 0.377 bits per heavy atom. The first-order valence-electron chi connectivity index (χ1n) is 20.7. The molecule has 5 nitrogen and oxygen atoms in total. The Bertz CT molecular complexity index is 3800. The number of hydrogen-bond donors (Lipinski definition) is 0. The van der Waals surface area contributed by atoms with Crippen molar-refractivity contribution >= 4 is 76.5 Å². The van der Waals surface area contributed by atoms with Gasteiger partial charge in [-0.25, -0.2) is 9.97 Å². The third-order valence-electron chi connectivity index (χ3n) is 12.4. The third kappa shape index (κ3) is 5.08. The van der Waals surface area contributed by atoms with E-state index >= 15 is 0 Å². The predicted molar refractivity (Wildman–Crippen MR) is 252 cm³/mol. The lowest BCUT2D eigenvalue weighted by atomic mass is 9.96. The zero-order valence-electron chi connectivity index (χ0n) is 32.8. The van der Waals surface area contributed by atoms with Gasteiger partial charge in [-0.15, -0.1) is 0 Å². The Morgan fingerprint density at radius 2 is 0.918 bits per heavy atom. The summed E-state index contributed by atoms with van der Waals surface area (Å²) in [5.41, 5.74) is 14.4. The lowest BCUT2D eigenvalue weighted by Crippen LogP contribution is -2.03. The number of rotatable bonds is 5. The summed E-state index contributed by atoms with van der Waals surface area (Å²) in [5.74, 6) is 0.590. The van der Waals surface area contributed by atoms with Crippen LogP contribution in [0.4, 0.5) is 0 Å². The summed E-state index contributed by atoms with van der Waals surface area (Å²) in [6, 6.07) is 73.1. The molecule has 5 heteroatoms. The zero-order chi connectivity index (χ0) is 40.0. The average molecular weight is 779 g/mol. The molecule has 0 aliphatic carbocycles. The second kappa shape index (κ2) is 13.1. The number of benzene rings is 9. The molecule has 0 atom stereocenters. The van der Waals surface area contributed by atoms with Gasteiger partial charge in [0, 0.05) is 49.0 Å². The first kappa shape index (κ1) is 33.7. The molecule has 0 radical (unpaired) electrons. The van der Waals surface area contributed by atoms with Gasteiger partial charge in [0.25, 0.3) is 0 Å². The minimum Gasteiger partial charge on any atom is -0.454 e. The minimum atomic E-state index is 0.590. The van der Waals surface area contributed by atoms with E-state index < -0.39 is 0 Å². The Kier molecular flexibility index (Phi) is 7.24. The fourth-order valence-electron chi connectivity index (χ4n) is 9.59. The van der Waals surface area contributed by atoms with Crippen molar-refractivity contribution in [1.29, 1.82) is 0 Å². The second-order valence-corrected chi connectivity index (χ2v) is 15.7. The molecule has 4 aromatic heterocycles. The number of para-hydroxylation sites is 5. The van der Waals surface area contributed by atoms with Crippen molar-refractivity contribution < 1.29 is 4.42 Å². The molecule has 0 saturated heterocycles. The van der Waals surface area contributed by atoms with Crippen LogP contribution in [-0.2, 0) is 0 Å². The molecule has 13 rings (SSSR count). The summed E-state index contributed by atoms with van der Waals surface area (Å²) >= 11 is 0. The molecule has 61 heavy (non-hydrogen) atoms. The lowest BCUT2D eigenvalue weighted by molar-refractivity contribution is 0.671. The highest BCUT2D eigenvalue weighted by atomic mass is 16.3. The minimum absolute atomic E-state index is 0.590. The first-order valence-corrected chi connectivity index (χ1v) is 20.7. The topological polar surface area (TPSA) is 48.8 Å². The maximum Gasteiger partial charge on any atom is 0.235 e. The van der Waals surface area contributed by atoms with E-state index in [4.69, 9.17) is 14.4 Å². The van der Waals surface area contributed by atoms with Crippen molar-refractivity contribution in [3.63, 3.8) is 0 Å². The smallest absolute Gasteiger partial charge is 0.235 e. The summed E-state index contributed by atoms with van der Waals surface area (Å²) in [4.78, 5) is 10.8. The number of aromatic nitrogens is 4. The van der Waals surface area contributed by atoms with Crippen molar-refractivity contribution in [2.75, 3.05) is 0 Å². The molecule has 0 saturated carbocycles. The van der Waals surface area contributed by atoms with Gasteiger partial charge >= 0.3 is 0 Å². The maximum absolute atomic E-state index is 6.88. The quantitative estimate of drug-likeness (QED) is 0.175. The molecule has 0 fully saturated rings. The summed E-state index contributed by atoms with van der Waals surface area (Å²) < 4.78 is 11.5. The van der Waals surface area contributed by atoms with E-state index in [9.17, 15) is 0 Å². The largest absolute Gasteiger partial charge is 0.454 e. The highest BCUT2D eigenvalue weighted by Crippen LogP contribution is 2.46. The fourth-order valence-corrected chi connectivity index (χ4v) is 9.59. The molecule has 0 aliphatic heterocycles. The Hall–Kier alpha value is -8.28. The third-order valence-corrected chi connectivity index (χ3v) is 12.4. The van der Waals surface area contributed by atoms with E-state index in [1.807, 2.05) is 18.2 Å². The van der Waals surface area contributed by atoms with Gasteiger partial charge in [-0.1, -0.05) is 158 Å². The number of nitrogens with zero attached hydrogens (tertiary/aromatic N) is 4. The molecular formula is C56H34N4O. The lowest BCUT2D eigenvalue weighted by Gasteiger charge is -2.13. The number of hydrogen-bond acceptors (Lipinski definition) is 3. The van der Waals surface area contributed by atoms with Crippen molar-refractivity contribution in [2.24, 2.45) is 0 Å². The second-order valence-electron chi connectivity index (χ2n) is 15.7. The van der Waals surface area contributed by atoms with E-state index in [1.54, 1.807) is 0 Å². The Morgan fingerprint density at radius 3 is 1.64 bits per heavy atom. The van der Waals surface area contributed by atoms with Crippen LogP contribution in [0.25, 0.3) is 122 Å². The van der Waals surface area contributed by atoms with Crippen molar-refractivity contribution in [1.82, 2.24) is 19.1 Å². The van der Waals surface area contributed by atoms with Gasteiger partial charge in [-0.2, -0.15) is 0 Å². The van der Waals surface area contributed by atoms with E-state index in [2.05, 4.69) is 197 Å². The fraction of sp³-hybridized carbons (Fsp3) is 0. The van der Waals surface area contributed by atoms with Crippen LogP contribution in [0.2, 0.25) is 0 Å². The van der Waals surface area contributed by atoms with E-state index in [-0.39, 0.29) is 0 Å². The summed E-state index contributed by atoms with van der Waals surface area (Å²) in [5, 5.41) is 7.81. The van der Waals surface area contributed by atoms with Gasteiger partial charge < -0.3 is 8.98 Å². The molecule has 0 aliphatic rings. The van der Waals surface area contributed by atoms with Crippen molar-refractivity contribution in [2.45, 2.75) is 0 Å². The molecule has 4 heterocycles. The molecule has 0 bridgehead atoms. The standard InChI is InChI=1S/C56H34N4O/c1-2-14-35(15-3-1)36-26-28-38(29-27-36)53-43-19-4-9-21-47(43)57-56(58-53)60-50-24-12-7-20-44(50)52-45(34-46-42-18-8-13-25-51(42)61-55(46)54(52)60)37-30-32-39(33-31-37)59-48-22-10-5-16-40(48)41-17-6-11-23-49(41)59/h1-34H. The van der Waals surface area contributed by atoms with Gasteiger partial charge in [0.05, 0.1) is 27.8 Å². The van der Waals surface area contributed by atoms with Crippen LogP contribution in [0, 0.1) is 0 Å². The SMILES string of the molecule is c1ccc(-c2ccc(-c3nc(-n4c5ccccc5c5c(-c6ccc(-n7c8ccccc8c8ccccc87)cc6)cc6c7ccccc7oc6c54)nc4ccccc34)cc2)cc1. The molecule has 13 aromatic rings. The van der Waals surface area contributed by atoms with E-state index in [0.717, 1.165) is 88.3 Å². The Balaban J connectivity index is 1.07. The molecular weight excluding hydrogens is 745 g/mol. The van der Waals surface area contributed by atoms with Crippen LogP contribution in [0.15, 0.2) is 211 Å². The van der Waals surface area contributed by atoms with Crippen molar-refractivity contribution in [3.8, 4) is 45.1 Å². The van der Waals surface area contributed by atoms with Crippen LogP contribution >= 0.6 is 0 Å². The molecule has 284 valence electrons. The van der Waals surface area contributed by atoms with Crippen LogP contribution in [-0.4, -0.2) is 19.1 Å². The van der Waals surface area contributed by atoms with Gasteiger partial charge in [0.15, 0.2) is 5.58 Å². The first-order chi connectivity index (χ1) is 30.3. The summed E-state index contributed by atoms with van der Waals surface area (Å²) in [7, 11) is 0. The average Bonchev–Trinajstić information content (AvgIpc) is 4.00. The highest BCUT2D eigenvalue weighted by molar-refractivity contribution is 6.26. The van der Waals surface area contributed by atoms with Crippen LogP contribution < -0.4 is 0 Å².